The molecule has 1 aliphatic rings. The first-order valence-corrected chi connectivity index (χ1v) is 7.17. The summed E-state index contributed by atoms with van der Waals surface area (Å²) in [7, 11) is 0. The summed E-state index contributed by atoms with van der Waals surface area (Å²) in [5.41, 5.74) is 6.67. The van der Waals surface area contributed by atoms with Gasteiger partial charge in [-0.15, -0.1) is 0 Å². The van der Waals surface area contributed by atoms with E-state index in [-0.39, 0.29) is 5.97 Å². The topological polar surface area (TPSA) is 70.1 Å². The summed E-state index contributed by atoms with van der Waals surface area (Å²) < 4.78 is 6.93. The molecule has 2 N–H and O–H groups in total. The Kier molecular flexibility index (Phi) is 4.96. The summed E-state index contributed by atoms with van der Waals surface area (Å²) in [4.78, 5) is 11.5. The fourth-order valence-electron chi connectivity index (χ4n) is 2.59. The highest BCUT2D eigenvalue weighted by Gasteiger charge is 2.19. The van der Waals surface area contributed by atoms with E-state index in [9.17, 15) is 4.79 Å². The van der Waals surface area contributed by atoms with Crippen LogP contribution in [0, 0.1) is 0 Å². The van der Waals surface area contributed by atoms with Crippen LogP contribution in [-0.4, -0.2) is 28.4 Å². The van der Waals surface area contributed by atoms with Gasteiger partial charge in [0.15, 0.2) is 0 Å². The Morgan fingerprint density at radius 2 is 2.26 bits per heavy atom. The van der Waals surface area contributed by atoms with Crippen molar-refractivity contribution < 1.29 is 9.53 Å². The first-order valence-electron chi connectivity index (χ1n) is 7.17. The van der Waals surface area contributed by atoms with Crippen LogP contribution in [0.5, 0.6) is 0 Å². The number of rotatable bonds is 5. The second-order valence-corrected chi connectivity index (χ2v) is 5.14. The Bertz CT molecular complexity index is 411. The molecule has 1 aromatic heterocycles. The quantitative estimate of drug-likeness (QED) is 0.824. The van der Waals surface area contributed by atoms with Crippen LogP contribution in [0.25, 0.3) is 0 Å². The summed E-state index contributed by atoms with van der Waals surface area (Å²) in [6, 6.07) is 1.85. The van der Waals surface area contributed by atoms with Crippen LogP contribution in [0.1, 0.15) is 50.8 Å². The van der Waals surface area contributed by atoms with E-state index < -0.39 is 6.04 Å². The first kappa shape index (κ1) is 14.1. The molecule has 0 saturated heterocycles. The number of hydrogen-bond donors (Lipinski definition) is 1. The van der Waals surface area contributed by atoms with Crippen LogP contribution in [0.4, 0.5) is 0 Å². The molecule has 1 unspecified atom stereocenters. The van der Waals surface area contributed by atoms with E-state index in [1.165, 1.54) is 32.1 Å². The summed E-state index contributed by atoms with van der Waals surface area (Å²) in [6.07, 6.45) is 8.74. The fourth-order valence-corrected chi connectivity index (χ4v) is 2.59. The Hall–Kier alpha value is -1.36. The van der Waals surface area contributed by atoms with E-state index in [0.717, 1.165) is 5.69 Å². The van der Waals surface area contributed by atoms with Gasteiger partial charge in [0.25, 0.3) is 0 Å². The molecule has 0 spiro atoms. The van der Waals surface area contributed by atoms with Crippen molar-refractivity contribution >= 4 is 5.97 Å². The molecular formula is C14H23N3O2. The van der Waals surface area contributed by atoms with E-state index in [1.807, 2.05) is 16.9 Å². The molecule has 19 heavy (non-hydrogen) atoms. The molecule has 0 aromatic carbocycles. The summed E-state index contributed by atoms with van der Waals surface area (Å²) in [5.74, 6) is -0.352. The van der Waals surface area contributed by atoms with Crippen molar-refractivity contribution in [3.05, 3.63) is 18.0 Å². The van der Waals surface area contributed by atoms with Gasteiger partial charge in [-0.25, -0.2) is 0 Å². The zero-order chi connectivity index (χ0) is 13.7. The highest BCUT2D eigenvalue weighted by atomic mass is 16.5. The molecule has 1 atom stereocenters. The van der Waals surface area contributed by atoms with Gasteiger partial charge in [0.2, 0.25) is 0 Å². The zero-order valence-corrected chi connectivity index (χ0v) is 11.5. The number of ether oxygens (including phenoxy) is 1. The third kappa shape index (κ3) is 3.80. The van der Waals surface area contributed by atoms with Gasteiger partial charge in [-0.3, -0.25) is 9.48 Å². The highest BCUT2D eigenvalue weighted by molar-refractivity contribution is 5.75. The molecule has 0 radical (unpaired) electrons. The van der Waals surface area contributed by atoms with Crippen LogP contribution in [0.15, 0.2) is 12.3 Å². The van der Waals surface area contributed by atoms with Gasteiger partial charge >= 0.3 is 5.97 Å². The molecule has 0 bridgehead atoms. The predicted molar refractivity (Wildman–Crippen MR) is 72.7 cm³/mol. The van der Waals surface area contributed by atoms with E-state index in [4.69, 9.17) is 10.5 Å². The van der Waals surface area contributed by atoms with E-state index >= 15 is 0 Å². The standard InChI is InChI=1S/C14H23N3O2/c1-2-19-14(18)13(15)10-11-8-9-17(16-11)12-6-4-3-5-7-12/h8-9,12-13H,2-7,10,15H2,1H3. The Labute approximate surface area is 114 Å². The second kappa shape index (κ2) is 6.70. The van der Waals surface area contributed by atoms with Gasteiger partial charge in [-0.05, 0) is 25.8 Å². The number of esters is 1. The Morgan fingerprint density at radius 1 is 1.53 bits per heavy atom. The minimum atomic E-state index is -0.616. The van der Waals surface area contributed by atoms with E-state index in [2.05, 4.69) is 5.10 Å². The molecule has 0 amide bonds. The van der Waals surface area contributed by atoms with Gasteiger partial charge in [0.05, 0.1) is 18.3 Å². The van der Waals surface area contributed by atoms with Gasteiger partial charge in [0.1, 0.15) is 6.04 Å². The second-order valence-electron chi connectivity index (χ2n) is 5.14. The molecule has 0 aliphatic heterocycles. The number of carbonyl (C=O) groups is 1. The Morgan fingerprint density at radius 3 is 2.95 bits per heavy atom. The molecule has 1 aromatic rings. The van der Waals surface area contributed by atoms with Crippen molar-refractivity contribution in [2.24, 2.45) is 5.73 Å². The van der Waals surface area contributed by atoms with Crippen molar-refractivity contribution in [3.8, 4) is 0 Å². The Balaban J connectivity index is 1.91. The summed E-state index contributed by atoms with van der Waals surface area (Å²) in [5, 5.41) is 4.55. The molecular weight excluding hydrogens is 242 g/mol. The molecule has 1 aliphatic carbocycles. The van der Waals surface area contributed by atoms with Gasteiger partial charge < -0.3 is 10.5 Å². The van der Waals surface area contributed by atoms with E-state index in [1.54, 1.807) is 6.92 Å². The lowest BCUT2D eigenvalue weighted by Crippen LogP contribution is -2.34. The molecule has 1 saturated carbocycles. The van der Waals surface area contributed by atoms with Crippen molar-refractivity contribution in [1.29, 1.82) is 0 Å². The van der Waals surface area contributed by atoms with Crippen molar-refractivity contribution in [2.45, 2.75) is 57.5 Å². The average Bonchev–Trinajstić information content (AvgIpc) is 2.88. The van der Waals surface area contributed by atoms with Crippen LogP contribution >= 0.6 is 0 Å². The molecule has 5 nitrogen and oxygen atoms in total. The SMILES string of the molecule is CCOC(=O)C(N)Cc1ccn(C2CCCCC2)n1. The maximum atomic E-state index is 11.5. The van der Waals surface area contributed by atoms with Gasteiger partial charge in [0, 0.05) is 12.6 Å². The molecule has 5 heteroatoms. The highest BCUT2D eigenvalue weighted by Crippen LogP contribution is 2.27. The van der Waals surface area contributed by atoms with Crippen molar-refractivity contribution in [3.63, 3.8) is 0 Å². The molecule has 2 rings (SSSR count). The monoisotopic (exact) mass is 265 g/mol. The predicted octanol–water partition coefficient (Wildman–Crippen LogP) is 1.82. The molecule has 1 fully saturated rings. The lowest BCUT2D eigenvalue weighted by molar-refractivity contribution is -0.144. The molecule has 1 heterocycles. The lowest BCUT2D eigenvalue weighted by atomic mass is 9.96. The zero-order valence-electron chi connectivity index (χ0n) is 11.5. The maximum Gasteiger partial charge on any atom is 0.323 e. The third-order valence-electron chi connectivity index (χ3n) is 3.63. The summed E-state index contributed by atoms with van der Waals surface area (Å²) in [6.45, 7) is 2.14. The summed E-state index contributed by atoms with van der Waals surface area (Å²) >= 11 is 0. The van der Waals surface area contributed by atoms with Crippen molar-refractivity contribution in [1.82, 2.24) is 9.78 Å². The smallest absolute Gasteiger partial charge is 0.323 e. The molecule has 106 valence electrons. The van der Waals surface area contributed by atoms with Crippen LogP contribution < -0.4 is 5.73 Å². The van der Waals surface area contributed by atoms with Crippen LogP contribution in [0.3, 0.4) is 0 Å². The maximum absolute atomic E-state index is 11.5. The lowest BCUT2D eigenvalue weighted by Gasteiger charge is -2.21. The van der Waals surface area contributed by atoms with Gasteiger partial charge in [-0.1, -0.05) is 19.3 Å². The normalized spacial score (nSPS) is 18.2. The third-order valence-corrected chi connectivity index (χ3v) is 3.63. The fraction of sp³-hybridized carbons (Fsp3) is 0.714. The number of nitrogens with zero attached hydrogens (tertiary/aromatic N) is 2. The van der Waals surface area contributed by atoms with Gasteiger partial charge in [-0.2, -0.15) is 5.10 Å². The largest absolute Gasteiger partial charge is 0.465 e. The first-order chi connectivity index (χ1) is 9.20. The minimum Gasteiger partial charge on any atom is -0.465 e. The van der Waals surface area contributed by atoms with Crippen LogP contribution in [0.2, 0.25) is 0 Å². The average molecular weight is 265 g/mol. The number of nitrogens with two attached hydrogens (primary N) is 1. The van der Waals surface area contributed by atoms with Crippen molar-refractivity contribution in [2.75, 3.05) is 6.61 Å². The van der Waals surface area contributed by atoms with Crippen LogP contribution in [-0.2, 0) is 16.0 Å². The number of aromatic nitrogens is 2. The minimum absolute atomic E-state index is 0.352. The number of carbonyl (C=O) groups excluding carboxylic acids is 1. The van der Waals surface area contributed by atoms with E-state index in [0.29, 0.717) is 19.1 Å². The number of hydrogen-bond acceptors (Lipinski definition) is 4.